The van der Waals surface area contributed by atoms with Crippen molar-refractivity contribution in [2.24, 2.45) is 5.92 Å². The molecule has 3 nitrogen and oxygen atoms in total. The van der Waals surface area contributed by atoms with Gasteiger partial charge in [-0.25, -0.2) is 4.98 Å². The Balaban J connectivity index is 1.85. The number of carbonyl (C=O) groups is 1. The van der Waals surface area contributed by atoms with Crippen molar-refractivity contribution in [3.63, 3.8) is 0 Å². The molecule has 3 aromatic rings. The van der Waals surface area contributed by atoms with Crippen LogP contribution in [0.2, 0.25) is 0 Å². The second kappa shape index (κ2) is 5.66. The molecule has 0 atom stereocenters. The van der Waals surface area contributed by atoms with E-state index in [0.29, 0.717) is 5.75 Å². The van der Waals surface area contributed by atoms with E-state index in [2.05, 4.69) is 11.1 Å². The number of thiazole rings is 1. The lowest BCUT2D eigenvalue weighted by atomic mass is 10.2. The standard InChI is InChI=1S/C17H15NO2S/c1-11(2)17(19)20-13-9-7-12(8-10-13)16-18-14-5-3-4-6-15(14)21-16/h3-11H,1-2H3. The summed E-state index contributed by atoms with van der Waals surface area (Å²) in [6, 6.07) is 15.5. The number of hydrogen-bond acceptors (Lipinski definition) is 4. The third kappa shape index (κ3) is 2.95. The van der Waals surface area contributed by atoms with Gasteiger partial charge in [0.15, 0.2) is 0 Å². The van der Waals surface area contributed by atoms with E-state index in [9.17, 15) is 4.79 Å². The summed E-state index contributed by atoms with van der Waals surface area (Å²) in [6.07, 6.45) is 0. The number of fused-ring (bicyclic) bond motifs is 1. The first-order valence-corrected chi connectivity index (χ1v) is 7.63. The van der Waals surface area contributed by atoms with Gasteiger partial charge in [-0.2, -0.15) is 0 Å². The molecule has 0 bridgehead atoms. The maximum Gasteiger partial charge on any atom is 0.313 e. The molecular formula is C17H15NO2S. The van der Waals surface area contributed by atoms with Crippen LogP contribution in [0.5, 0.6) is 5.75 Å². The Hall–Kier alpha value is -2.20. The van der Waals surface area contributed by atoms with E-state index in [-0.39, 0.29) is 11.9 Å². The van der Waals surface area contributed by atoms with Gasteiger partial charge < -0.3 is 4.74 Å². The number of esters is 1. The molecule has 0 saturated heterocycles. The van der Waals surface area contributed by atoms with Crippen LogP contribution in [-0.4, -0.2) is 11.0 Å². The van der Waals surface area contributed by atoms with Gasteiger partial charge in [0.25, 0.3) is 0 Å². The first kappa shape index (κ1) is 13.8. The summed E-state index contributed by atoms with van der Waals surface area (Å²) in [5.74, 6) is 0.218. The fourth-order valence-corrected chi connectivity index (χ4v) is 2.87. The predicted octanol–water partition coefficient (Wildman–Crippen LogP) is 4.52. The minimum Gasteiger partial charge on any atom is -0.426 e. The lowest BCUT2D eigenvalue weighted by Crippen LogP contribution is -2.14. The molecule has 0 aliphatic heterocycles. The van der Waals surface area contributed by atoms with Crippen molar-refractivity contribution in [2.75, 3.05) is 0 Å². The number of ether oxygens (including phenoxy) is 1. The number of nitrogens with zero attached hydrogens (tertiary/aromatic N) is 1. The highest BCUT2D eigenvalue weighted by Gasteiger charge is 2.10. The molecular weight excluding hydrogens is 282 g/mol. The summed E-state index contributed by atoms with van der Waals surface area (Å²) < 4.78 is 6.44. The smallest absolute Gasteiger partial charge is 0.313 e. The summed E-state index contributed by atoms with van der Waals surface area (Å²) in [7, 11) is 0. The van der Waals surface area contributed by atoms with Crippen LogP contribution in [-0.2, 0) is 4.79 Å². The highest BCUT2D eigenvalue weighted by atomic mass is 32.1. The van der Waals surface area contributed by atoms with E-state index >= 15 is 0 Å². The molecule has 2 aromatic carbocycles. The van der Waals surface area contributed by atoms with Crippen LogP contribution in [0, 0.1) is 5.92 Å². The molecule has 4 heteroatoms. The van der Waals surface area contributed by atoms with Gasteiger partial charge in [0.1, 0.15) is 10.8 Å². The number of rotatable bonds is 3. The van der Waals surface area contributed by atoms with Gasteiger partial charge in [-0.05, 0) is 36.4 Å². The number of hydrogen-bond donors (Lipinski definition) is 0. The molecule has 3 rings (SSSR count). The van der Waals surface area contributed by atoms with Gasteiger partial charge in [0.05, 0.1) is 16.1 Å². The molecule has 21 heavy (non-hydrogen) atoms. The zero-order valence-electron chi connectivity index (χ0n) is 11.9. The van der Waals surface area contributed by atoms with Crippen molar-refractivity contribution in [3.05, 3.63) is 48.5 Å². The third-order valence-corrected chi connectivity index (χ3v) is 4.17. The average Bonchev–Trinajstić information content (AvgIpc) is 2.91. The van der Waals surface area contributed by atoms with Gasteiger partial charge in [-0.15, -0.1) is 11.3 Å². The molecule has 0 unspecified atom stereocenters. The van der Waals surface area contributed by atoms with E-state index in [1.165, 1.54) is 4.70 Å². The fraction of sp³-hybridized carbons (Fsp3) is 0.176. The van der Waals surface area contributed by atoms with Crippen LogP contribution >= 0.6 is 11.3 Å². The number of benzene rings is 2. The summed E-state index contributed by atoms with van der Waals surface area (Å²) in [5.41, 5.74) is 2.04. The van der Waals surface area contributed by atoms with Crippen LogP contribution in [0.3, 0.4) is 0 Å². The zero-order valence-corrected chi connectivity index (χ0v) is 12.7. The normalized spacial score (nSPS) is 11.0. The van der Waals surface area contributed by atoms with E-state index in [1.807, 2.05) is 56.3 Å². The number of carbonyl (C=O) groups excluding carboxylic acids is 1. The molecule has 1 heterocycles. The predicted molar refractivity (Wildman–Crippen MR) is 85.5 cm³/mol. The average molecular weight is 297 g/mol. The maximum atomic E-state index is 11.6. The minimum absolute atomic E-state index is 0.131. The highest BCUT2D eigenvalue weighted by molar-refractivity contribution is 7.21. The van der Waals surface area contributed by atoms with Gasteiger partial charge >= 0.3 is 5.97 Å². The first-order valence-electron chi connectivity index (χ1n) is 6.81. The molecule has 0 fully saturated rings. The maximum absolute atomic E-state index is 11.6. The van der Waals surface area contributed by atoms with Crippen LogP contribution < -0.4 is 4.74 Å². The SMILES string of the molecule is CC(C)C(=O)Oc1ccc(-c2nc3ccccc3s2)cc1. The molecule has 0 radical (unpaired) electrons. The Bertz CT molecular complexity index is 742. The van der Waals surface area contributed by atoms with Crippen LogP contribution in [0.4, 0.5) is 0 Å². The van der Waals surface area contributed by atoms with E-state index in [1.54, 1.807) is 11.3 Å². The summed E-state index contributed by atoms with van der Waals surface area (Å²) in [4.78, 5) is 16.2. The highest BCUT2D eigenvalue weighted by Crippen LogP contribution is 2.30. The number of para-hydroxylation sites is 1. The first-order chi connectivity index (χ1) is 10.1. The van der Waals surface area contributed by atoms with Gasteiger partial charge in [0, 0.05) is 5.56 Å². The molecule has 0 spiro atoms. The largest absolute Gasteiger partial charge is 0.426 e. The molecule has 0 amide bonds. The van der Waals surface area contributed by atoms with Crippen molar-refractivity contribution in [1.82, 2.24) is 4.98 Å². The quantitative estimate of drug-likeness (QED) is 0.527. The molecule has 0 saturated carbocycles. The molecule has 0 aliphatic rings. The Morgan fingerprint density at radius 1 is 1.10 bits per heavy atom. The van der Waals surface area contributed by atoms with Gasteiger partial charge in [-0.3, -0.25) is 4.79 Å². The lowest BCUT2D eigenvalue weighted by Gasteiger charge is -2.06. The second-order valence-electron chi connectivity index (χ2n) is 5.09. The minimum atomic E-state index is -0.220. The van der Waals surface area contributed by atoms with Gasteiger partial charge in [-0.1, -0.05) is 26.0 Å². The van der Waals surface area contributed by atoms with Crippen LogP contribution in [0.1, 0.15) is 13.8 Å². The van der Waals surface area contributed by atoms with E-state index in [4.69, 9.17) is 4.74 Å². The monoisotopic (exact) mass is 297 g/mol. The molecule has 1 aromatic heterocycles. The Morgan fingerprint density at radius 2 is 1.81 bits per heavy atom. The molecule has 0 N–H and O–H groups in total. The second-order valence-corrected chi connectivity index (χ2v) is 6.12. The topological polar surface area (TPSA) is 39.2 Å². The van der Waals surface area contributed by atoms with Crippen molar-refractivity contribution >= 4 is 27.5 Å². The summed E-state index contributed by atoms with van der Waals surface area (Å²) in [5, 5.41) is 0.970. The lowest BCUT2D eigenvalue weighted by molar-refractivity contribution is -0.137. The Labute approximate surface area is 127 Å². The van der Waals surface area contributed by atoms with Crippen molar-refractivity contribution in [3.8, 4) is 16.3 Å². The fourth-order valence-electron chi connectivity index (χ4n) is 1.90. The van der Waals surface area contributed by atoms with E-state index in [0.717, 1.165) is 16.1 Å². The Morgan fingerprint density at radius 3 is 2.48 bits per heavy atom. The summed E-state index contributed by atoms with van der Waals surface area (Å²) in [6.45, 7) is 3.63. The summed E-state index contributed by atoms with van der Waals surface area (Å²) >= 11 is 1.66. The van der Waals surface area contributed by atoms with Crippen LogP contribution in [0.15, 0.2) is 48.5 Å². The van der Waals surface area contributed by atoms with Crippen molar-refractivity contribution < 1.29 is 9.53 Å². The van der Waals surface area contributed by atoms with E-state index < -0.39 is 0 Å². The molecule has 106 valence electrons. The molecule has 0 aliphatic carbocycles. The third-order valence-electron chi connectivity index (χ3n) is 3.08. The Kier molecular flexibility index (Phi) is 3.71. The zero-order chi connectivity index (χ0) is 14.8. The number of aromatic nitrogens is 1. The van der Waals surface area contributed by atoms with Crippen LogP contribution in [0.25, 0.3) is 20.8 Å². The van der Waals surface area contributed by atoms with Crippen molar-refractivity contribution in [2.45, 2.75) is 13.8 Å². The van der Waals surface area contributed by atoms with Crippen molar-refractivity contribution in [1.29, 1.82) is 0 Å². The van der Waals surface area contributed by atoms with Gasteiger partial charge in [0.2, 0.25) is 0 Å².